The molecule has 0 unspecified atom stereocenters. The highest BCUT2D eigenvalue weighted by atomic mass is 35.5. The predicted octanol–water partition coefficient (Wildman–Crippen LogP) is 5.05. The molecule has 1 heterocycles. The van der Waals surface area contributed by atoms with Gasteiger partial charge in [-0.25, -0.2) is 0 Å². The minimum absolute atomic E-state index is 0.149. The second kappa shape index (κ2) is 13.0. The van der Waals surface area contributed by atoms with Crippen LogP contribution in [0.4, 0.5) is 16.2 Å². The Bertz CT molecular complexity index is 1480. The highest BCUT2D eigenvalue weighted by Gasteiger charge is 2.36. The number of thioether (sulfide) groups is 1. The van der Waals surface area contributed by atoms with Crippen LogP contribution in [0, 0.1) is 0 Å². The maximum atomic E-state index is 12.9. The standard InChI is InChI=1S/C28H24ClN3O7S/c1-37-21-6-4-3-5-20(21)31-26(34)16-39-22-12-7-17(13-23(22)38-2)14-24-27(35)32(28(36)40-24)15-25(33)30-19-10-8-18(29)9-11-19/h3-14H,15-16H2,1-2H3,(H,30,33)(H,31,34)/b24-14-. The van der Waals surface area contributed by atoms with Crippen molar-refractivity contribution in [2.75, 3.05) is 38.0 Å². The Balaban J connectivity index is 1.38. The van der Waals surface area contributed by atoms with E-state index in [1.807, 2.05) is 0 Å². The molecule has 2 N–H and O–H groups in total. The van der Waals surface area contributed by atoms with Crippen molar-refractivity contribution < 1.29 is 33.4 Å². The number of para-hydroxylation sites is 2. The Morgan fingerprint density at radius 3 is 2.35 bits per heavy atom. The molecule has 0 spiro atoms. The van der Waals surface area contributed by atoms with E-state index in [1.165, 1.54) is 20.3 Å². The van der Waals surface area contributed by atoms with E-state index in [4.69, 9.17) is 25.8 Å². The molecule has 4 amide bonds. The lowest BCUT2D eigenvalue weighted by Gasteiger charge is -2.13. The molecule has 12 heteroatoms. The maximum Gasteiger partial charge on any atom is 0.294 e. The molecule has 0 aliphatic carbocycles. The number of carbonyl (C=O) groups excluding carboxylic acids is 4. The summed E-state index contributed by atoms with van der Waals surface area (Å²) in [5.41, 5.74) is 1.56. The van der Waals surface area contributed by atoms with Gasteiger partial charge < -0.3 is 24.8 Å². The number of benzene rings is 3. The lowest BCUT2D eigenvalue weighted by atomic mass is 10.2. The van der Waals surface area contributed by atoms with Crippen molar-refractivity contribution in [3.05, 3.63) is 82.2 Å². The number of nitrogens with zero attached hydrogens (tertiary/aromatic N) is 1. The summed E-state index contributed by atoms with van der Waals surface area (Å²) in [6.45, 7) is -0.720. The molecule has 0 bridgehead atoms. The molecule has 1 fully saturated rings. The van der Waals surface area contributed by atoms with Crippen LogP contribution >= 0.6 is 23.4 Å². The van der Waals surface area contributed by atoms with E-state index in [-0.39, 0.29) is 11.5 Å². The minimum Gasteiger partial charge on any atom is -0.495 e. The zero-order valence-corrected chi connectivity index (χ0v) is 23.0. The molecule has 0 aromatic heterocycles. The highest BCUT2D eigenvalue weighted by molar-refractivity contribution is 8.18. The van der Waals surface area contributed by atoms with E-state index in [0.717, 1.165) is 16.7 Å². The van der Waals surface area contributed by atoms with Crippen LogP contribution in [0.1, 0.15) is 5.56 Å². The Morgan fingerprint density at radius 1 is 0.900 bits per heavy atom. The number of halogens is 1. The molecule has 206 valence electrons. The van der Waals surface area contributed by atoms with Gasteiger partial charge in [0.25, 0.3) is 17.1 Å². The quantitative estimate of drug-likeness (QED) is 0.319. The van der Waals surface area contributed by atoms with Crippen LogP contribution in [0.3, 0.4) is 0 Å². The van der Waals surface area contributed by atoms with Crippen LogP contribution in [-0.2, 0) is 14.4 Å². The number of rotatable bonds is 10. The van der Waals surface area contributed by atoms with E-state index in [0.29, 0.717) is 39.2 Å². The van der Waals surface area contributed by atoms with E-state index >= 15 is 0 Å². The summed E-state index contributed by atoms with van der Waals surface area (Å²) < 4.78 is 16.2. The van der Waals surface area contributed by atoms with Crippen LogP contribution in [0.5, 0.6) is 17.2 Å². The van der Waals surface area contributed by atoms with Gasteiger partial charge >= 0.3 is 0 Å². The van der Waals surface area contributed by atoms with Crippen molar-refractivity contribution in [2.45, 2.75) is 0 Å². The molecule has 3 aromatic rings. The zero-order chi connectivity index (χ0) is 28.6. The molecule has 0 atom stereocenters. The van der Waals surface area contributed by atoms with E-state index < -0.39 is 29.5 Å². The van der Waals surface area contributed by atoms with Gasteiger partial charge in [-0.05, 0) is 71.9 Å². The topological polar surface area (TPSA) is 123 Å². The van der Waals surface area contributed by atoms with Gasteiger partial charge in [0, 0.05) is 10.7 Å². The molecule has 4 rings (SSSR count). The van der Waals surface area contributed by atoms with Crippen LogP contribution < -0.4 is 24.8 Å². The third-order valence-electron chi connectivity index (χ3n) is 5.53. The summed E-state index contributed by atoms with van der Waals surface area (Å²) in [6.07, 6.45) is 1.52. The smallest absolute Gasteiger partial charge is 0.294 e. The molecule has 1 saturated heterocycles. The van der Waals surface area contributed by atoms with E-state index in [1.54, 1.807) is 66.7 Å². The molecule has 1 aliphatic rings. The van der Waals surface area contributed by atoms with Crippen LogP contribution in [0.25, 0.3) is 6.08 Å². The fourth-order valence-electron chi connectivity index (χ4n) is 3.64. The summed E-state index contributed by atoms with van der Waals surface area (Å²) >= 11 is 6.57. The monoisotopic (exact) mass is 581 g/mol. The van der Waals surface area contributed by atoms with E-state index in [9.17, 15) is 19.2 Å². The fourth-order valence-corrected chi connectivity index (χ4v) is 4.60. The number of amides is 4. The molecule has 0 radical (unpaired) electrons. The summed E-state index contributed by atoms with van der Waals surface area (Å²) in [7, 11) is 2.95. The lowest BCUT2D eigenvalue weighted by molar-refractivity contribution is -0.127. The summed E-state index contributed by atoms with van der Waals surface area (Å²) in [4.78, 5) is 51.1. The molecule has 0 saturated carbocycles. The number of hydrogen-bond acceptors (Lipinski definition) is 8. The van der Waals surface area contributed by atoms with Crippen molar-refractivity contribution in [1.82, 2.24) is 4.90 Å². The maximum absolute atomic E-state index is 12.9. The average molecular weight is 582 g/mol. The first-order chi connectivity index (χ1) is 19.3. The van der Waals surface area contributed by atoms with Gasteiger partial charge in [-0.15, -0.1) is 0 Å². The van der Waals surface area contributed by atoms with Crippen LogP contribution in [-0.4, -0.2) is 55.2 Å². The van der Waals surface area contributed by atoms with Crippen LogP contribution in [0.15, 0.2) is 71.6 Å². The molecule has 3 aromatic carbocycles. The second-order valence-corrected chi connectivity index (χ2v) is 9.70. The molecule has 1 aliphatic heterocycles. The van der Waals surface area contributed by atoms with E-state index in [2.05, 4.69) is 10.6 Å². The Labute approximate surface area is 239 Å². The minimum atomic E-state index is -0.589. The largest absolute Gasteiger partial charge is 0.495 e. The summed E-state index contributed by atoms with van der Waals surface area (Å²) in [5, 5.41) is 5.30. The molecular formula is C28H24ClN3O7S. The van der Waals surface area contributed by atoms with Gasteiger partial charge in [0.2, 0.25) is 5.91 Å². The predicted molar refractivity (Wildman–Crippen MR) is 153 cm³/mol. The Morgan fingerprint density at radius 2 is 1.62 bits per heavy atom. The van der Waals surface area contributed by atoms with Crippen LogP contribution in [0.2, 0.25) is 5.02 Å². The number of ether oxygens (including phenoxy) is 3. The van der Waals surface area contributed by atoms with Gasteiger partial charge in [-0.2, -0.15) is 0 Å². The van der Waals surface area contributed by atoms with Crippen molar-refractivity contribution in [1.29, 1.82) is 0 Å². The highest BCUT2D eigenvalue weighted by Crippen LogP contribution is 2.34. The molecule has 10 nitrogen and oxygen atoms in total. The lowest BCUT2D eigenvalue weighted by Crippen LogP contribution is -2.36. The second-order valence-electron chi connectivity index (χ2n) is 8.27. The van der Waals surface area contributed by atoms with Crippen molar-refractivity contribution in [3.8, 4) is 17.2 Å². The number of carbonyl (C=O) groups is 4. The average Bonchev–Trinajstić information content (AvgIpc) is 3.20. The van der Waals surface area contributed by atoms with Gasteiger partial charge in [0.15, 0.2) is 18.1 Å². The summed E-state index contributed by atoms with van der Waals surface area (Å²) in [5.74, 6) is -0.367. The van der Waals surface area contributed by atoms with Gasteiger partial charge in [0.05, 0.1) is 24.8 Å². The number of hydrogen-bond donors (Lipinski definition) is 2. The first-order valence-corrected chi connectivity index (χ1v) is 13.0. The summed E-state index contributed by atoms with van der Waals surface area (Å²) in [6, 6.07) is 18.3. The number of methoxy groups -OCH3 is 2. The third kappa shape index (κ3) is 7.13. The number of anilines is 2. The van der Waals surface area contributed by atoms with Crippen molar-refractivity contribution in [2.24, 2.45) is 0 Å². The first kappa shape index (κ1) is 28.5. The number of nitrogens with one attached hydrogen (secondary N) is 2. The van der Waals surface area contributed by atoms with Gasteiger partial charge in [0.1, 0.15) is 12.3 Å². The Kier molecular flexibility index (Phi) is 9.31. The molecule has 40 heavy (non-hydrogen) atoms. The fraction of sp³-hybridized carbons (Fsp3) is 0.143. The Hall–Kier alpha value is -4.48. The number of imide groups is 1. The first-order valence-electron chi connectivity index (χ1n) is 11.8. The van der Waals surface area contributed by atoms with Gasteiger partial charge in [-0.3, -0.25) is 24.1 Å². The molecular weight excluding hydrogens is 558 g/mol. The van der Waals surface area contributed by atoms with Crippen molar-refractivity contribution in [3.63, 3.8) is 0 Å². The van der Waals surface area contributed by atoms with Crippen molar-refractivity contribution >= 4 is 63.8 Å². The third-order valence-corrected chi connectivity index (χ3v) is 6.69. The van der Waals surface area contributed by atoms with Gasteiger partial charge in [-0.1, -0.05) is 29.8 Å². The zero-order valence-electron chi connectivity index (χ0n) is 21.4. The normalized spacial score (nSPS) is 13.8. The SMILES string of the molecule is COc1ccccc1NC(=O)COc1ccc(/C=C2\SC(=O)N(CC(=O)Nc3ccc(Cl)cc3)C2=O)cc1OC.